The Balaban J connectivity index is 2.39. The molecule has 0 saturated carbocycles. The molecular formula is C19H16O7. The number of benzene rings is 2. The summed E-state index contributed by atoms with van der Waals surface area (Å²) < 4.78 is 15.5. The summed E-state index contributed by atoms with van der Waals surface area (Å²) in [6.07, 6.45) is 0. The summed E-state index contributed by atoms with van der Waals surface area (Å²) in [5.74, 6) is -1.67. The van der Waals surface area contributed by atoms with Gasteiger partial charge in [-0.3, -0.25) is 14.4 Å². The van der Waals surface area contributed by atoms with Crippen LogP contribution < -0.4 is 14.2 Å². The smallest absolute Gasteiger partial charge is 0.202 e. The van der Waals surface area contributed by atoms with E-state index in [1.165, 1.54) is 46.5 Å². The maximum absolute atomic E-state index is 13.0. The number of rotatable bonds is 4. The van der Waals surface area contributed by atoms with Crippen molar-refractivity contribution in [2.75, 3.05) is 21.3 Å². The van der Waals surface area contributed by atoms with Crippen LogP contribution in [0.3, 0.4) is 0 Å². The number of fused-ring (bicyclic) bond motifs is 2. The van der Waals surface area contributed by atoms with Crippen molar-refractivity contribution < 1.29 is 33.7 Å². The molecule has 7 nitrogen and oxygen atoms in total. The van der Waals surface area contributed by atoms with Crippen LogP contribution in [-0.2, 0) is 0 Å². The van der Waals surface area contributed by atoms with Crippen molar-refractivity contribution >= 4 is 17.3 Å². The van der Waals surface area contributed by atoms with E-state index < -0.39 is 23.1 Å². The molecule has 1 aliphatic carbocycles. The molecule has 1 N–H and O–H groups in total. The molecule has 0 radical (unpaired) electrons. The lowest BCUT2D eigenvalue weighted by atomic mass is 9.81. The van der Waals surface area contributed by atoms with Crippen LogP contribution in [0.15, 0.2) is 18.2 Å². The predicted octanol–water partition coefficient (Wildman–Crippen LogP) is 2.40. The fraction of sp³-hybridized carbons (Fsp3) is 0.211. The molecule has 0 atom stereocenters. The van der Waals surface area contributed by atoms with Gasteiger partial charge in [0.05, 0.1) is 32.5 Å². The highest BCUT2D eigenvalue weighted by Crippen LogP contribution is 2.43. The summed E-state index contributed by atoms with van der Waals surface area (Å²) in [5, 5.41) is 10.6. The van der Waals surface area contributed by atoms with Crippen molar-refractivity contribution in [1.82, 2.24) is 0 Å². The summed E-state index contributed by atoms with van der Waals surface area (Å²) in [6, 6.07) is 4.20. The monoisotopic (exact) mass is 356 g/mol. The topological polar surface area (TPSA) is 99.1 Å². The molecule has 0 unspecified atom stereocenters. The Morgan fingerprint density at radius 1 is 0.846 bits per heavy atom. The molecule has 0 saturated heterocycles. The Morgan fingerprint density at radius 2 is 1.46 bits per heavy atom. The van der Waals surface area contributed by atoms with Crippen LogP contribution in [0.2, 0.25) is 0 Å². The summed E-state index contributed by atoms with van der Waals surface area (Å²) in [7, 11) is 4.10. The Kier molecular flexibility index (Phi) is 4.15. The standard InChI is InChI=1S/C19H16O7/c1-8(20)14-13(26-4)7-11-16(18(14)22)19(23)15-10(17(11)21)5-9(24-2)6-12(15)25-3/h5-7,22H,1-4H3. The van der Waals surface area contributed by atoms with Gasteiger partial charge < -0.3 is 19.3 Å². The molecule has 0 aromatic heterocycles. The number of hydrogen-bond acceptors (Lipinski definition) is 7. The number of carbonyl (C=O) groups excluding carboxylic acids is 3. The van der Waals surface area contributed by atoms with Crippen LogP contribution in [0.25, 0.3) is 0 Å². The number of phenolic OH excluding ortho intramolecular Hbond substituents is 1. The highest BCUT2D eigenvalue weighted by atomic mass is 16.5. The molecule has 7 heteroatoms. The van der Waals surface area contributed by atoms with Gasteiger partial charge in [0, 0.05) is 17.2 Å². The van der Waals surface area contributed by atoms with Gasteiger partial charge in [-0.1, -0.05) is 0 Å². The second-order valence-corrected chi connectivity index (χ2v) is 5.69. The molecule has 0 aliphatic heterocycles. The number of aromatic hydroxyl groups is 1. The Bertz CT molecular complexity index is 973. The van der Waals surface area contributed by atoms with Gasteiger partial charge in [0.15, 0.2) is 11.6 Å². The second kappa shape index (κ2) is 6.18. The van der Waals surface area contributed by atoms with E-state index in [1.54, 1.807) is 0 Å². The van der Waals surface area contributed by atoms with E-state index in [1.807, 2.05) is 0 Å². The van der Waals surface area contributed by atoms with Crippen LogP contribution in [0, 0.1) is 0 Å². The molecule has 0 fully saturated rings. The number of hydrogen-bond donors (Lipinski definition) is 1. The first-order valence-corrected chi connectivity index (χ1v) is 7.66. The molecule has 2 aromatic rings. The Morgan fingerprint density at radius 3 is 2.00 bits per heavy atom. The predicted molar refractivity (Wildman–Crippen MR) is 91.1 cm³/mol. The number of carbonyl (C=O) groups is 3. The van der Waals surface area contributed by atoms with Gasteiger partial charge in [-0.05, 0) is 19.1 Å². The average molecular weight is 356 g/mol. The zero-order chi connectivity index (χ0) is 19.2. The van der Waals surface area contributed by atoms with Crippen molar-refractivity contribution in [3.8, 4) is 23.0 Å². The third-order valence-electron chi connectivity index (χ3n) is 4.31. The highest BCUT2D eigenvalue weighted by Gasteiger charge is 2.38. The third kappa shape index (κ3) is 2.32. The number of methoxy groups -OCH3 is 3. The summed E-state index contributed by atoms with van der Waals surface area (Å²) in [6.45, 7) is 1.23. The van der Waals surface area contributed by atoms with Crippen LogP contribution in [-0.4, -0.2) is 43.8 Å². The minimum absolute atomic E-state index is 0.0146. The first kappa shape index (κ1) is 17.5. The van der Waals surface area contributed by atoms with E-state index in [2.05, 4.69) is 0 Å². The molecule has 3 rings (SSSR count). The highest BCUT2D eigenvalue weighted by molar-refractivity contribution is 6.31. The van der Waals surface area contributed by atoms with E-state index in [4.69, 9.17) is 14.2 Å². The maximum Gasteiger partial charge on any atom is 0.202 e. The minimum Gasteiger partial charge on any atom is -0.506 e. The van der Waals surface area contributed by atoms with E-state index in [0.29, 0.717) is 5.75 Å². The summed E-state index contributed by atoms with van der Waals surface area (Å²) >= 11 is 0. The lowest BCUT2D eigenvalue weighted by molar-refractivity contribution is 0.0970. The minimum atomic E-state index is -0.614. The van der Waals surface area contributed by atoms with Crippen molar-refractivity contribution in [3.63, 3.8) is 0 Å². The van der Waals surface area contributed by atoms with E-state index in [0.717, 1.165) is 0 Å². The van der Waals surface area contributed by atoms with Crippen LogP contribution in [0.1, 0.15) is 49.1 Å². The van der Waals surface area contributed by atoms with E-state index in [9.17, 15) is 19.5 Å². The molecule has 2 aromatic carbocycles. The van der Waals surface area contributed by atoms with Crippen LogP contribution >= 0.6 is 0 Å². The van der Waals surface area contributed by atoms with E-state index >= 15 is 0 Å². The summed E-state index contributed by atoms with van der Waals surface area (Å²) in [5.41, 5.74) is -0.325. The quantitative estimate of drug-likeness (QED) is 0.717. The molecule has 134 valence electrons. The van der Waals surface area contributed by atoms with Crippen molar-refractivity contribution in [2.24, 2.45) is 0 Å². The Labute approximate surface area is 149 Å². The van der Waals surface area contributed by atoms with Crippen LogP contribution in [0.5, 0.6) is 23.0 Å². The molecule has 1 aliphatic rings. The fourth-order valence-corrected chi connectivity index (χ4v) is 3.11. The van der Waals surface area contributed by atoms with Gasteiger partial charge in [-0.15, -0.1) is 0 Å². The lowest BCUT2D eigenvalue weighted by Gasteiger charge is -2.23. The first-order chi connectivity index (χ1) is 12.3. The number of phenols is 1. The number of ketones is 3. The van der Waals surface area contributed by atoms with Crippen LogP contribution in [0.4, 0.5) is 0 Å². The zero-order valence-electron chi connectivity index (χ0n) is 14.6. The van der Waals surface area contributed by atoms with Crippen molar-refractivity contribution in [2.45, 2.75) is 6.92 Å². The van der Waals surface area contributed by atoms with Gasteiger partial charge in [0.1, 0.15) is 28.6 Å². The lowest BCUT2D eigenvalue weighted by Crippen LogP contribution is -2.23. The summed E-state index contributed by atoms with van der Waals surface area (Å²) in [4.78, 5) is 37.9. The number of Topliss-reactive ketones (excluding diaryl/α,β-unsaturated/α-hetero) is 1. The largest absolute Gasteiger partial charge is 0.506 e. The molecule has 0 spiro atoms. The van der Waals surface area contributed by atoms with E-state index in [-0.39, 0.29) is 39.3 Å². The molecule has 0 bridgehead atoms. The third-order valence-corrected chi connectivity index (χ3v) is 4.31. The molecule has 0 amide bonds. The van der Waals surface area contributed by atoms with Gasteiger partial charge in [0.25, 0.3) is 0 Å². The van der Waals surface area contributed by atoms with Gasteiger partial charge in [-0.25, -0.2) is 0 Å². The molecule has 0 heterocycles. The SMILES string of the molecule is COc1cc(OC)c2c(c1)C(=O)c1cc(OC)c(C(C)=O)c(O)c1C2=O. The normalized spacial score (nSPS) is 12.3. The van der Waals surface area contributed by atoms with Crippen molar-refractivity contribution in [1.29, 1.82) is 0 Å². The second-order valence-electron chi connectivity index (χ2n) is 5.69. The average Bonchev–Trinajstić information content (AvgIpc) is 2.63. The van der Waals surface area contributed by atoms with Gasteiger partial charge >= 0.3 is 0 Å². The fourth-order valence-electron chi connectivity index (χ4n) is 3.11. The van der Waals surface area contributed by atoms with Gasteiger partial charge in [0.2, 0.25) is 5.78 Å². The molecule has 26 heavy (non-hydrogen) atoms. The van der Waals surface area contributed by atoms with Gasteiger partial charge in [-0.2, -0.15) is 0 Å². The molecular weight excluding hydrogens is 340 g/mol. The zero-order valence-corrected chi connectivity index (χ0v) is 14.6. The number of ether oxygens (including phenoxy) is 3. The first-order valence-electron chi connectivity index (χ1n) is 7.66. The Hall–Kier alpha value is -3.35. The van der Waals surface area contributed by atoms with Crippen molar-refractivity contribution in [3.05, 3.63) is 46.0 Å². The maximum atomic E-state index is 13.0.